The van der Waals surface area contributed by atoms with Crippen molar-refractivity contribution in [3.05, 3.63) is 23.8 Å². The molecule has 2 rings (SSSR count). The summed E-state index contributed by atoms with van der Waals surface area (Å²) < 4.78 is 5.76. The molecule has 0 radical (unpaired) electrons. The molecular weight excluding hydrogens is 258 g/mol. The lowest BCUT2D eigenvalue weighted by Gasteiger charge is -2.35. The predicted molar refractivity (Wildman–Crippen MR) is 75.1 cm³/mol. The second-order valence-corrected chi connectivity index (χ2v) is 5.18. The van der Waals surface area contributed by atoms with E-state index in [1.165, 1.54) is 4.90 Å². The maximum absolute atomic E-state index is 12.4. The Hall–Kier alpha value is -2.08. The summed E-state index contributed by atoms with van der Waals surface area (Å²) in [4.78, 5) is 25.0. The second-order valence-electron chi connectivity index (χ2n) is 5.18. The highest BCUT2D eigenvalue weighted by Gasteiger charge is 2.36. The highest BCUT2D eigenvalue weighted by Crippen LogP contribution is 2.36. The zero-order valence-electron chi connectivity index (χ0n) is 11.6. The monoisotopic (exact) mass is 277 g/mol. The van der Waals surface area contributed by atoms with Crippen molar-refractivity contribution in [1.29, 1.82) is 0 Å². The quantitative estimate of drug-likeness (QED) is 0.831. The van der Waals surface area contributed by atoms with E-state index in [4.69, 9.17) is 16.2 Å². The molecule has 0 aliphatic carbocycles. The predicted octanol–water partition coefficient (Wildman–Crippen LogP) is 0.381. The number of hydrogen-bond donors (Lipinski definition) is 2. The Morgan fingerprint density at radius 2 is 2.15 bits per heavy atom. The number of benzene rings is 1. The van der Waals surface area contributed by atoms with Crippen molar-refractivity contribution in [3.63, 3.8) is 0 Å². The van der Waals surface area contributed by atoms with Crippen LogP contribution in [0.25, 0.3) is 0 Å². The van der Waals surface area contributed by atoms with Gasteiger partial charge in [0.25, 0.3) is 5.91 Å². The van der Waals surface area contributed by atoms with Gasteiger partial charge in [0.15, 0.2) is 6.10 Å². The lowest BCUT2D eigenvalue weighted by atomic mass is 10.0. The number of fused-ring (bicyclic) bond motifs is 1. The molecule has 6 nitrogen and oxygen atoms in total. The molecule has 1 aromatic carbocycles. The first-order valence-electron chi connectivity index (χ1n) is 6.53. The van der Waals surface area contributed by atoms with Gasteiger partial charge in [0.1, 0.15) is 12.3 Å². The first-order valence-corrected chi connectivity index (χ1v) is 6.53. The number of primary amides is 1. The third-order valence-electron chi connectivity index (χ3n) is 3.23. The summed E-state index contributed by atoms with van der Waals surface area (Å²) in [7, 11) is 0. The molecule has 0 fully saturated rings. The lowest BCUT2D eigenvalue weighted by molar-refractivity contribution is -0.129. The number of carbonyl (C=O) groups is 2. The number of nitrogens with two attached hydrogens (primary N) is 2. The largest absolute Gasteiger partial charge is 0.478 e. The summed E-state index contributed by atoms with van der Waals surface area (Å²) in [6.07, 6.45) is -0.616. The highest BCUT2D eigenvalue weighted by molar-refractivity contribution is 6.03. The number of amides is 2. The summed E-state index contributed by atoms with van der Waals surface area (Å²) in [5.41, 5.74) is 12.3. The summed E-state index contributed by atoms with van der Waals surface area (Å²) in [5.74, 6) is -0.247. The van der Waals surface area contributed by atoms with Crippen molar-refractivity contribution in [1.82, 2.24) is 0 Å². The average Bonchev–Trinajstić information content (AvgIpc) is 2.40. The molecule has 2 amide bonds. The fourth-order valence-electron chi connectivity index (χ4n) is 2.20. The van der Waals surface area contributed by atoms with Gasteiger partial charge in [0.2, 0.25) is 5.91 Å². The van der Waals surface area contributed by atoms with Crippen molar-refractivity contribution in [2.75, 3.05) is 11.4 Å². The average molecular weight is 277 g/mol. The standard InChI is InChI=1S/C14H19N3O3/c1-8(2)13-14(19)17(7-12(16)18)10-4-3-9(6-15)5-11(10)20-13/h3-5,8,13H,6-7,15H2,1-2H3,(H2,16,18). The first kappa shape index (κ1) is 14.3. The second kappa shape index (κ2) is 5.50. The van der Waals surface area contributed by atoms with E-state index >= 15 is 0 Å². The van der Waals surface area contributed by atoms with E-state index in [9.17, 15) is 9.59 Å². The van der Waals surface area contributed by atoms with Crippen LogP contribution in [0.2, 0.25) is 0 Å². The van der Waals surface area contributed by atoms with Gasteiger partial charge in [-0.25, -0.2) is 0 Å². The molecule has 1 aliphatic heterocycles. The molecule has 1 atom stereocenters. The highest BCUT2D eigenvalue weighted by atomic mass is 16.5. The minimum Gasteiger partial charge on any atom is -0.478 e. The summed E-state index contributed by atoms with van der Waals surface area (Å²) in [5, 5.41) is 0. The topological polar surface area (TPSA) is 98.7 Å². The Morgan fingerprint density at radius 3 is 2.70 bits per heavy atom. The van der Waals surface area contributed by atoms with Crippen LogP contribution in [0.1, 0.15) is 19.4 Å². The van der Waals surface area contributed by atoms with E-state index in [0.717, 1.165) is 5.56 Å². The molecule has 108 valence electrons. The van der Waals surface area contributed by atoms with Crippen molar-refractivity contribution >= 4 is 17.5 Å². The normalized spacial score (nSPS) is 17.9. The Labute approximate surface area is 117 Å². The van der Waals surface area contributed by atoms with Crippen LogP contribution in [0.5, 0.6) is 5.75 Å². The molecule has 20 heavy (non-hydrogen) atoms. The van der Waals surface area contributed by atoms with E-state index in [2.05, 4.69) is 0 Å². The Bertz CT molecular complexity index is 542. The maximum atomic E-state index is 12.4. The molecule has 1 aromatic rings. The van der Waals surface area contributed by atoms with Crippen LogP contribution in [0.4, 0.5) is 5.69 Å². The van der Waals surface area contributed by atoms with Gasteiger partial charge in [-0.3, -0.25) is 14.5 Å². The van der Waals surface area contributed by atoms with Gasteiger partial charge < -0.3 is 16.2 Å². The number of nitrogens with zero attached hydrogens (tertiary/aromatic N) is 1. The summed E-state index contributed by atoms with van der Waals surface area (Å²) >= 11 is 0. The van der Waals surface area contributed by atoms with Gasteiger partial charge in [0.05, 0.1) is 5.69 Å². The maximum Gasteiger partial charge on any atom is 0.268 e. The van der Waals surface area contributed by atoms with Crippen molar-refractivity contribution in [3.8, 4) is 5.75 Å². The minimum absolute atomic E-state index is 0.00689. The van der Waals surface area contributed by atoms with Crippen LogP contribution in [0.3, 0.4) is 0 Å². The first-order chi connectivity index (χ1) is 9.43. The van der Waals surface area contributed by atoms with E-state index in [-0.39, 0.29) is 18.4 Å². The fourth-order valence-corrected chi connectivity index (χ4v) is 2.20. The molecule has 1 aliphatic rings. The number of ether oxygens (including phenoxy) is 1. The van der Waals surface area contributed by atoms with Crippen molar-refractivity contribution in [2.45, 2.75) is 26.5 Å². The van der Waals surface area contributed by atoms with E-state index in [1.54, 1.807) is 18.2 Å². The van der Waals surface area contributed by atoms with Crippen LogP contribution in [0, 0.1) is 5.92 Å². The van der Waals surface area contributed by atoms with Gasteiger partial charge in [-0.15, -0.1) is 0 Å². The molecule has 0 bridgehead atoms. The zero-order valence-corrected chi connectivity index (χ0v) is 11.6. The Balaban J connectivity index is 2.46. The Morgan fingerprint density at radius 1 is 1.45 bits per heavy atom. The van der Waals surface area contributed by atoms with Gasteiger partial charge in [-0.05, 0) is 23.6 Å². The van der Waals surface area contributed by atoms with Crippen LogP contribution in [-0.2, 0) is 16.1 Å². The van der Waals surface area contributed by atoms with Gasteiger partial charge in [0, 0.05) is 6.54 Å². The Kier molecular flexibility index (Phi) is 3.94. The van der Waals surface area contributed by atoms with Crippen molar-refractivity contribution in [2.24, 2.45) is 17.4 Å². The zero-order chi connectivity index (χ0) is 14.9. The number of rotatable bonds is 4. The van der Waals surface area contributed by atoms with Gasteiger partial charge >= 0.3 is 0 Å². The van der Waals surface area contributed by atoms with Gasteiger partial charge in [-0.2, -0.15) is 0 Å². The summed E-state index contributed by atoms with van der Waals surface area (Å²) in [6.45, 7) is 4.01. The number of carbonyl (C=O) groups excluding carboxylic acids is 2. The molecule has 0 spiro atoms. The van der Waals surface area contributed by atoms with Crippen molar-refractivity contribution < 1.29 is 14.3 Å². The van der Waals surface area contributed by atoms with E-state index in [0.29, 0.717) is 18.0 Å². The molecular formula is C14H19N3O3. The third-order valence-corrected chi connectivity index (χ3v) is 3.23. The van der Waals surface area contributed by atoms with Crippen LogP contribution in [0.15, 0.2) is 18.2 Å². The molecule has 0 saturated carbocycles. The SMILES string of the molecule is CC(C)C1Oc2cc(CN)ccc2N(CC(N)=O)C1=O. The molecule has 6 heteroatoms. The lowest BCUT2D eigenvalue weighted by Crippen LogP contribution is -2.51. The minimum atomic E-state index is -0.616. The molecule has 1 heterocycles. The summed E-state index contributed by atoms with van der Waals surface area (Å²) in [6, 6.07) is 5.33. The molecule has 4 N–H and O–H groups in total. The fraction of sp³-hybridized carbons (Fsp3) is 0.429. The van der Waals surface area contributed by atoms with E-state index in [1.807, 2.05) is 13.8 Å². The molecule has 1 unspecified atom stereocenters. The van der Waals surface area contributed by atoms with Gasteiger partial charge in [-0.1, -0.05) is 19.9 Å². The van der Waals surface area contributed by atoms with E-state index < -0.39 is 12.0 Å². The van der Waals surface area contributed by atoms with Crippen LogP contribution < -0.4 is 21.1 Å². The number of anilines is 1. The molecule has 0 saturated heterocycles. The smallest absolute Gasteiger partial charge is 0.268 e. The third kappa shape index (κ3) is 2.60. The van der Waals surface area contributed by atoms with Crippen LogP contribution in [-0.4, -0.2) is 24.5 Å². The number of hydrogen-bond acceptors (Lipinski definition) is 4. The van der Waals surface area contributed by atoms with Crippen LogP contribution >= 0.6 is 0 Å². The molecule has 0 aromatic heterocycles.